The number of thioether (sulfide) groups is 1. The third-order valence-electron chi connectivity index (χ3n) is 3.10. The smallest absolute Gasteiger partial charge is 0.372 e. The number of rotatable bonds is 7. The molecule has 0 radical (unpaired) electrons. The van der Waals surface area contributed by atoms with Crippen molar-refractivity contribution in [3.05, 3.63) is 68.8 Å². The highest BCUT2D eigenvalue weighted by Crippen LogP contribution is 2.19. The molecule has 0 heterocycles. The number of non-ortho nitro benzene ring substituents is 2. The van der Waals surface area contributed by atoms with Crippen molar-refractivity contribution in [1.82, 2.24) is 5.32 Å². The SMILES string of the molecule is O=C(Oc1ccc([N+](=O)[O-])cc1)SCCNC(=S)Oc1ccc([N+](=O)[O-])cc1. The first-order valence-electron chi connectivity index (χ1n) is 7.64. The lowest BCUT2D eigenvalue weighted by Crippen LogP contribution is -2.28. The lowest BCUT2D eigenvalue weighted by Gasteiger charge is -2.09. The van der Waals surface area contributed by atoms with Gasteiger partial charge in [-0.1, -0.05) is 0 Å². The van der Waals surface area contributed by atoms with Crippen LogP contribution in [-0.2, 0) is 0 Å². The molecule has 0 saturated heterocycles. The van der Waals surface area contributed by atoms with Gasteiger partial charge in [0.15, 0.2) is 0 Å². The molecule has 0 atom stereocenters. The standard InChI is InChI=1S/C16H13N3O7S2/c20-16(26-14-7-3-12(4-8-14)19(23)24)28-10-9-17-15(27)25-13-5-1-11(2-6-13)18(21)22/h1-8H,9-10H2,(H,17,27). The maximum absolute atomic E-state index is 11.7. The van der Waals surface area contributed by atoms with Crippen LogP contribution >= 0.6 is 24.0 Å². The van der Waals surface area contributed by atoms with Crippen molar-refractivity contribution in [2.24, 2.45) is 0 Å². The van der Waals surface area contributed by atoms with E-state index in [2.05, 4.69) is 5.32 Å². The number of nitrogens with zero attached hydrogens (tertiary/aromatic N) is 2. The number of hydrogen-bond acceptors (Lipinski definition) is 9. The molecule has 0 amide bonds. The molecule has 2 aromatic rings. The van der Waals surface area contributed by atoms with Gasteiger partial charge >= 0.3 is 5.30 Å². The quantitative estimate of drug-likeness (QED) is 0.231. The number of nitro benzene ring substituents is 2. The zero-order chi connectivity index (χ0) is 20.5. The maximum Gasteiger partial charge on any atom is 0.372 e. The van der Waals surface area contributed by atoms with E-state index in [1.54, 1.807) is 0 Å². The van der Waals surface area contributed by atoms with Gasteiger partial charge in [-0.05, 0) is 48.2 Å². The highest BCUT2D eigenvalue weighted by Gasteiger charge is 2.09. The van der Waals surface area contributed by atoms with Crippen LogP contribution in [0.3, 0.4) is 0 Å². The molecule has 0 spiro atoms. The third kappa shape index (κ3) is 6.81. The second kappa shape index (κ2) is 10.2. The van der Waals surface area contributed by atoms with E-state index in [1.165, 1.54) is 48.5 Å². The van der Waals surface area contributed by atoms with Gasteiger partial charge in [-0.25, -0.2) is 4.79 Å². The van der Waals surface area contributed by atoms with Crippen LogP contribution in [0.1, 0.15) is 0 Å². The van der Waals surface area contributed by atoms with Crippen molar-refractivity contribution in [1.29, 1.82) is 0 Å². The van der Waals surface area contributed by atoms with E-state index in [9.17, 15) is 25.0 Å². The minimum absolute atomic E-state index is 0.0539. The van der Waals surface area contributed by atoms with Crippen molar-refractivity contribution in [3.8, 4) is 11.5 Å². The van der Waals surface area contributed by atoms with Gasteiger partial charge in [0.2, 0.25) is 0 Å². The Morgan fingerprint density at radius 3 is 1.86 bits per heavy atom. The number of carbonyl (C=O) groups excluding carboxylic acids is 1. The summed E-state index contributed by atoms with van der Waals surface area (Å²) in [5.41, 5.74) is -0.160. The normalized spacial score (nSPS) is 10.0. The van der Waals surface area contributed by atoms with Gasteiger partial charge in [-0.15, -0.1) is 0 Å². The van der Waals surface area contributed by atoms with Crippen LogP contribution in [0.4, 0.5) is 16.2 Å². The molecule has 0 aliphatic rings. The Balaban J connectivity index is 1.67. The predicted octanol–water partition coefficient (Wildman–Crippen LogP) is 3.69. The molecule has 0 saturated carbocycles. The molecular weight excluding hydrogens is 410 g/mol. The summed E-state index contributed by atoms with van der Waals surface area (Å²) in [6, 6.07) is 10.6. The van der Waals surface area contributed by atoms with Crippen LogP contribution in [0.5, 0.6) is 11.5 Å². The Morgan fingerprint density at radius 1 is 0.929 bits per heavy atom. The van der Waals surface area contributed by atoms with Gasteiger partial charge in [-0.2, -0.15) is 0 Å². The summed E-state index contributed by atoms with van der Waals surface area (Å²) < 4.78 is 10.3. The predicted molar refractivity (Wildman–Crippen MR) is 106 cm³/mol. The third-order valence-corrected chi connectivity index (χ3v) is 4.05. The van der Waals surface area contributed by atoms with E-state index in [0.29, 0.717) is 18.0 Å². The van der Waals surface area contributed by atoms with Gasteiger partial charge in [-0.3, -0.25) is 20.2 Å². The highest BCUT2D eigenvalue weighted by molar-refractivity contribution is 8.13. The van der Waals surface area contributed by atoms with E-state index in [0.717, 1.165) is 11.8 Å². The summed E-state index contributed by atoms with van der Waals surface area (Å²) in [7, 11) is 0. The number of thiocarbonyl (C=S) groups is 1. The van der Waals surface area contributed by atoms with Crippen molar-refractivity contribution in [2.45, 2.75) is 0 Å². The Morgan fingerprint density at radius 2 is 1.39 bits per heavy atom. The second-order valence-corrected chi connectivity index (χ2v) is 6.42. The second-order valence-electron chi connectivity index (χ2n) is 5.02. The van der Waals surface area contributed by atoms with E-state index in [-0.39, 0.29) is 22.3 Å². The van der Waals surface area contributed by atoms with E-state index < -0.39 is 15.1 Å². The number of nitro groups is 2. The molecule has 10 nitrogen and oxygen atoms in total. The van der Waals surface area contributed by atoms with Crippen LogP contribution < -0.4 is 14.8 Å². The van der Waals surface area contributed by atoms with Crippen molar-refractivity contribution in [3.63, 3.8) is 0 Å². The first-order valence-corrected chi connectivity index (χ1v) is 9.04. The first kappa shape index (κ1) is 21.1. The number of carbonyl (C=O) groups is 1. The number of benzene rings is 2. The molecule has 0 bridgehead atoms. The Hall–Kier alpha value is -3.25. The topological polar surface area (TPSA) is 134 Å². The lowest BCUT2D eigenvalue weighted by molar-refractivity contribution is -0.385. The Kier molecular flexibility index (Phi) is 7.65. The molecular formula is C16H13N3O7S2. The first-order chi connectivity index (χ1) is 13.3. The summed E-state index contributed by atoms with van der Waals surface area (Å²) in [5.74, 6) is 0.872. The van der Waals surface area contributed by atoms with Crippen molar-refractivity contribution < 1.29 is 24.1 Å². The Bertz CT molecular complexity index is 799. The summed E-state index contributed by atoms with van der Waals surface area (Å²) in [5, 5.41) is 23.4. The van der Waals surface area contributed by atoms with Gasteiger partial charge < -0.3 is 14.8 Å². The van der Waals surface area contributed by atoms with Crippen LogP contribution in [0.15, 0.2) is 48.5 Å². The summed E-state index contributed by atoms with van der Waals surface area (Å²) in [6.45, 7) is 0.311. The monoisotopic (exact) mass is 423 g/mol. The molecule has 2 aromatic carbocycles. The molecule has 0 aromatic heterocycles. The fourth-order valence-corrected chi connectivity index (χ4v) is 2.55. The summed E-state index contributed by atoms with van der Waals surface area (Å²) in [4.78, 5) is 31.8. The number of ether oxygens (including phenoxy) is 2. The maximum atomic E-state index is 11.7. The molecule has 146 valence electrons. The van der Waals surface area contributed by atoms with Crippen LogP contribution in [0.2, 0.25) is 0 Å². The van der Waals surface area contributed by atoms with E-state index in [4.69, 9.17) is 21.7 Å². The molecule has 0 unspecified atom stereocenters. The molecule has 0 aliphatic carbocycles. The Labute approximate surface area is 168 Å². The average molecular weight is 423 g/mol. The largest absolute Gasteiger partial charge is 0.432 e. The molecule has 28 heavy (non-hydrogen) atoms. The van der Waals surface area contributed by atoms with Crippen molar-refractivity contribution in [2.75, 3.05) is 12.3 Å². The molecule has 0 fully saturated rings. The fraction of sp³-hybridized carbons (Fsp3) is 0.125. The van der Waals surface area contributed by atoms with Crippen LogP contribution in [0.25, 0.3) is 0 Å². The van der Waals surface area contributed by atoms with Gasteiger partial charge in [0, 0.05) is 36.6 Å². The molecule has 2 rings (SSSR count). The zero-order valence-electron chi connectivity index (χ0n) is 14.1. The minimum Gasteiger partial charge on any atom is -0.432 e. The van der Waals surface area contributed by atoms with E-state index in [1.807, 2.05) is 0 Å². The average Bonchev–Trinajstić information content (AvgIpc) is 2.66. The van der Waals surface area contributed by atoms with Crippen molar-refractivity contribution >= 4 is 45.8 Å². The highest BCUT2D eigenvalue weighted by atomic mass is 32.2. The van der Waals surface area contributed by atoms with Gasteiger partial charge in [0.05, 0.1) is 9.85 Å². The zero-order valence-corrected chi connectivity index (χ0v) is 15.7. The van der Waals surface area contributed by atoms with Gasteiger partial charge in [0.1, 0.15) is 11.5 Å². The fourth-order valence-electron chi connectivity index (χ4n) is 1.83. The van der Waals surface area contributed by atoms with E-state index >= 15 is 0 Å². The molecule has 0 aliphatic heterocycles. The molecule has 12 heteroatoms. The number of hydrogen-bond donors (Lipinski definition) is 1. The van der Waals surface area contributed by atoms with Crippen LogP contribution in [-0.4, -0.2) is 32.6 Å². The number of nitrogens with one attached hydrogen (secondary N) is 1. The minimum atomic E-state index is -0.571. The molecule has 1 N–H and O–H groups in total. The summed E-state index contributed by atoms with van der Waals surface area (Å²) >= 11 is 5.88. The van der Waals surface area contributed by atoms with Gasteiger partial charge in [0.25, 0.3) is 16.5 Å². The summed E-state index contributed by atoms with van der Waals surface area (Å²) in [6.07, 6.45) is 0. The lowest BCUT2D eigenvalue weighted by atomic mass is 10.3. The van der Waals surface area contributed by atoms with Crippen LogP contribution in [0, 0.1) is 20.2 Å².